The Balaban J connectivity index is 2.13. The summed E-state index contributed by atoms with van der Waals surface area (Å²) in [6.07, 6.45) is 4.64. The van der Waals surface area contributed by atoms with Crippen molar-refractivity contribution in [3.63, 3.8) is 0 Å². The molecule has 2 atom stereocenters. The van der Waals surface area contributed by atoms with Crippen LogP contribution >= 0.6 is 15.9 Å². The fourth-order valence-corrected chi connectivity index (χ4v) is 4.35. The average Bonchev–Trinajstić information content (AvgIpc) is 2.63. The van der Waals surface area contributed by atoms with Crippen LogP contribution in [0.1, 0.15) is 61.9 Å². The Morgan fingerprint density at radius 3 is 2.54 bits per heavy atom. The van der Waals surface area contributed by atoms with Gasteiger partial charge in [0, 0.05) is 15.6 Å². The van der Waals surface area contributed by atoms with Crippen LogP contribution in [0, 0.1) is 5.92 Å². The van der Waals surface area contributed by atoms with E-state index in [0.29, 0.717) is 28.9 Å². The highest BCUT2D eigenvalue weighted by molar-refractivity contribution is 9.10. The smallest absolute Gasteiger partial charge is 0.199 e. The maximum absolute atomic E-state index is 13.4. The maximum Gasteiger partial charge on any atom is 0.199 e. The Bertz CT molecular complexity index is 833. The first-order valence-corrected chi connectivity index (χ1v) is 10.2. The van der Waals surface area contributed by atoms with E-state index in [4.69, 9.17) is 7.85 Å². The number of hydrogen-bond donors (Lipinski definition) is 1. The van der Waals surface area contributed by atoms with Crippen molar-refractivity contribution in [2.24, 2.45) is 5.92 Å². The minimum absolute atomic E-state index is 0.236. The lowest BCUT2D eigenvalue weighted by Gasteiger charge is -2.37. The molecule has 1 aliphatic carbocycles. The van der Waals surface area contributed by atoms with Gasteiger partial charge in [0.1, 0.15) is 7.85 Å². The van der Waals surface area contributed by atoms with Crippen molar-refractivity contribution in [3.05, 3.63) is 52.0 Å². The van der Waals surface area contributed by atoms with Crippen LogP contribution in [0.3, 0.4) is 0 Å². The number of benzene rings is 2. The van der Waals surface area contributed by atoms with E-state index in [1.165, 1.54) is 0 Å². The lowest BCUT2D eigenvalue weighted by Crippen LogP contribution is -2.41. The van der Waals surface area contributed by atoms with Crippen molar-refractivity contribution in [2.75, 3.05) is 0 Å². The molecule has 2 radical (unpaired) electrons. The van der Waals surface area contributed by atoms with Crippen LogP contribution in [0.4, 0.5) is 0 Å². The van der Waals surface area contributed by atoms with Crippen molar-refractivity contribution >= 4 is 35.0 Å². The number of rotatable bonds is 6. The molecule has 2 nitrogen and oxygen atoms in total. The van der Waals surface area contributed by atoms with Crippen molar-refractivity contribution < 1.29 is 9.90 Å². The molecule has 4 heteroatoms. The number of carbonyl (C=O) groups is 1. The minimum Gasteiger partial charge on any atom is -0.377 e. The molecule has 134 valence electrons. The summed E-state index contributed by atoms with van der Waals surface area (Å²) in [5, 5.41) is 11.6. The third-order valence-electron chi connectivity index (χ3n) is 5.51. The number of halogens is 1. The second kappa shape index (κ2) is 7.70. The first-order valence-electron chi connectivity index (χ1n) is 9.37. The van der Waals surface area contributed by atoms with E-state index in [1.54, 1.807) is 12.1 Å². The Labute approximate surface area is 165 Å². The van der Waals surface area contributed by atoms with Crippen LogP contribution in [-0.4, -0.2) is 18.7 Å². The molecule has 2 unspecified atom stereocenters. The largest absolute Gasteiger partial charge is 0.377 e. The van der Waals surface area contributed by atoms with Gasteiger partial charge in [-0.05, 0) is 35.6 Å². The Morgan fingerprint density at radius 2 is 1.85 bits per heavy atom. The van der Waals surface area contributed by atoms with Crippen molar-refractivity contribution in [1.82, 2.24) is 0 Å². The van der Waals surface area contributed by atoms with Crippen LogP contribution in [-0.2, 0) is 5.60 Å². The lowest BCUT2D eigenvalue weighted by molar-refractivity contribution is 0.0139. The standard InChI is InChI=1S/C22H24BBrO2/c1-3-5-6-14(4-2)13-22(26)20-12-16(24)8-10-18(20)17-9-7-15(23)11-19(17)21(22)25/h7-12,14,26H,3-6,13H2,1-2H3. The number of aliphatic hydroxyl groups is 1. The molecule has 0 heterocycles. The number of fused-ring (bicyclic) bond motifs is 3. The monoisotopic (exact) mass is 410 g/mol. The predicted molar refractivity (Wildman–Crippen MR) is 111 cm³/mol. The highest BCUT2D eigenvalue weighted by Gasteiger charge is 2.45. The van der Waals surface area contributed by atoms with Gasteiger partial charge in [-0.2, -0.15) is 0 Å². The molecule has 3 rings (SSSR count). The highest BCUT2D eigenvalue weighted by Crippen LogP contribution is 2.46. The van der Waals surface area contributed by atoms with Gasteiger partial charge in [0.05, 0.1) is 0 Å². The van der Waals surface area contributed by atoms with Gasteiger partial charge in [0.2, 0.25) is 0 Å². The van der Waals surface area contributed by atoms with E-state index in [9.17, 15) is 9.90 Å². The topological polar surface area (TPSA) is 37.3 Å². The first kappa shape index (κ1) is 19.4. The predicted octanol–water partition coefficient (Wildman–Crippen LogP) is 4.90. The van der Waals surface area contributed by atoms with Gasteiger partial charge in [0.15, 0.2) is 11.4 Å². The van der Waals surface area contributed by atoms with Gasteiger partial charge in [0.25, 0.3) is 0 Å². The third kappa shape index (κ3) is 3.42. The van der Waals surface area contributed by atoms with Crippen LogP contribution < -0.4 is 5.46 Å². The summed E-state index contributed by atoms with van der Waals surface area (Å²) in [4.78, 5) is 13.4. The van der Waals surface area contributed by atoms with E-state index in [0.717, 1.165) is 41.3 Å². The molecular weight excluding hydrogens is 387 g/mol. The van der Waals surface area contributed by atoms with Crippen LogP contribution in [0.25, 0.3) is 11.1 Å². The summed E-state index contributed by atoms with van der Waals surface area (Å²) >= 11 is 3.50. The van der Waals surface area contributed by atoms with E-state index in [2.05, 4.69) is 29.8 Å². The Kier molecular flexibility index (Phi) is 5.74. The molecule has 1 aliphatic rings. The molecule has 0 bridgehead atoms. The molecule has 0 spiro atoms. The fourth-order valence-electron chi connectivity index (χ4n) is 3.99. The maximum atomic E-state index is 13.4. The fraction of sp³-hybridized carbons (Fsp3) is 0.409. The van der Waals surface area contributed by atoms with Crippen molar-refractivity contribution in [3.8, 4) is 11.1 Å². The van der Waals surface area contributed by atoms with Crippen LogP contribution in [0.2, 0.25) is 0 Å². The van der Waals surface area contributed by atoms with E-state index in [1.807, 2.05) is 24.3 Å². The second-order valence-electron chi connectivity index (χ2n) is 7.30. The molecule has 0 saturated carbocycles. The SMILES string of the molecule is [B]c1ccc2c(c1)C(=O)C(O)(CC(CC)CCCC)c1cc(Br)ccc1-2. The van der Waals surface area contributed by atoms with Gasteiger partial charge in [-0.15, -0.1) is 0 Å². The normalized spacial score (nSPS) is 19.8. The van der Waals surface area contributed by atoms with Crippen LogP contribution in [0.5, 0.6) is 0 Å². The molecule has 0 fully saturated rings. The van der Waals surface area contributed by atoms with Crippen molar-refractivity contribution in [1.29, 1.82) is 0 Å². The minimum atomic E-state index is -1.51. The highest BCUT2D eigenvalue weighted by atomic mass is 79.9. The zero-order valence-electron chi connectivity index (χ0n) is 15.4. The molecule has 0 saturated heterocycles. The zero-order valence-corrected chi connectivity index (χ0v) is 17.0. The van der Waals surface area contributed by atoms with Gasteiger partial charge >= 0.3 is 0 Å². The van der Waals surface area contributed by atoms with Gasteiger partial charge in [-0.3, -0.25) is 4.79 Å². The number of ketones is 1. The van der Waals surface area contributed by atoms with E-state index >= 15 is 0 Å². The third-order valence-corrected chi connectivity index (χ3v) is 6.00. The first-order chi connectivity index (χ1) is 12.4. The summed E-state index contributed by atoms with van der Waals surface area (Å²) in [6, 6.07) is 11.2. The van der Waals surface area contributed by atoms with Gasteiger partial charge in [-0.1, -0.05) is 85.2 Å². The molecule has 0 amide bonds. The van der Waals surface area contributed by atoms with Gasteiger partial charge < -0.3 is 5.11 Å². The number of carbonyl (C=O) groups excluding carboxylic acids is 1. The summed E-state index contributed by atoms with van der Waals surface area (Å²) < 4.78 is 0.864. The molecule has 26 heavy (non-hydrogen) atoms. The summed E-state index contributed by atoms with van der Waals surface area (Å²) in [7, 11) is 5.93. The van der Waals surface area contributed by atoms with Gasteiger partial charge in [-0.25, -0.2) is 0 Å². The number of hydrogen-bond acceptors (Lipinski definition) is 2. The molecule has 2 aromatic carbocycles. The summed E-state index contributed by atoms with van der Waals surface area (Å²) in [5.41, 5.74) is 2.01. The molecule has 0 aromatic heterocycles. The Morgan fingerprint density at radius 1 is 1.12 bits per heavy atom. The molecular formula is C22H24BBrO2. The molecule has 2 aromatic rings. The average molecular weight is 411 g/mol. The molecule has 0 aliphatic heterocycles. The van der Waals surface area contributed by atoms with Crippen molar-refractivity contribution in [2.45, 2.75) is 51.6 Å². The zero-order chi connectivity index (χ0) is 18.9. The number of unbranched alkanes of at least 4 members (excludes halogenated alkanes) is 1. The quantitative estimate of drug-likeness (QED) is 0.687. The van der Waals surface area contributed by atoms with E-state index in [-0.39, 0.29) is 5.78 Å². The summed E-state index contributed by atoms with van der Waals surface area (Å²) in [6.45, 7) is 4.30. The number of Topliss-reactive ketones (excluding diaryl/α,β-unsaturated/α-hetero) is 1. The van der Waals surface area contributed by atoms with Crippen LogP contribution in [0.15, 0.2) is 40.9 Å². The Hall–Kier alpha value is -1.39. The molecule has 1 N–H and O–H groups in total. The lowest BCUT2D eigenvalue weighted by atomic mass is 9.69. The van der Waals surface area contributed by atoms with E-state index < -0.39 is 5.60 Å². The second-order valence-corrected chi connectivity index (χ2v) is 8.22. The summed E-state index contributed by atoms with van der Waals surface area (Å²) in [5.74, 6) is 0.0682.